The molecule has 0 unspecified atom stereocenters. The van der Waals surface area contributed by atoms with Crippen LogP contribution in [0.15, 0.2) is 47.3 Å². The number of thiophene rings is 1. The Morgan fingerprint density at radius 3 is 2.73 bits per heavy atom. The van der Waals surface area contributed by atoms with Crippen molar-refractivity contribution in [2.75, 3.05) is 7.11 Å². The number of ether oxygens (including phenoxy) is 1. The predicted molar refractivity (Wildman–Crippen MR) is 88.8 cm³/mol. The lowest BCUT2D eigenvalue weighted by molar-refractivity contribution is 0.0594. The monoisotopic (exact) mass is 309 g/mol. The van der Waals surface area contributed by atoms with Gasteiger partial charge >= 0.3 is 5.97 Å². The maximum absolute atomic E-state index is 12.6. The molecule has 4 rings (SSSR count). The summed E-state index contributed by atoms with van der Waals surface area (Å²) < 4.78 is 6.88. The van der Waals surface area contributed by atoms with E-state index in [1.54, 1.807) is 11.3 Å². The summed E-state index contributed by atoms with van der Waals surface area (Å²) in [6, 6.07) is 13.1. The van der Waals surface area contributed by atoms with E-state index < -0.39 is 5.97 Å². The van der Waals surface area contributed by atoms with Gasteiger partial charge in [-0.2, -0.15) is 0 Å². The van der Waals surface area contributed by atoms with Crippen LogP contribution in [-0.2, 0) is 4.74 Å². The maximum atomic E-state index is 12.6. The molecule has 0 fully saturated rings. The van der Waals surface area contributed by atoms with Crippen LogP contribution in [0.3, 0.4) is 0 Å². The summed E-state index contributed by atoms with van der Waals surface area (Å²) >= 11 is 1.66. The SMILES string of the molecule is COC(=O)c1cc(=O)c2c(ccc3sc4ccccc4c32)[nH]1. The van der Waals surface area contributed by atoms with E-state index in [2.05, 4.69) is 9.72 Å². The van der Waals surface area contributed by atoms with E-state index in [1.165, 1.54) is 13.2 Å². The number of carbonyl (C=O) groups excluding carboxylic acids is 1. The molecule has 2 heterocycles. The van der Waals surface area contributed by atoms with Crippen LogP contribution >= 0.6 is 11.3 Å². The van der Waals surface area contributed by atoms with Crippen molar-refractivity contribution in [2.24, 2.45) is 0 Å². The summed E-state index contributed by atoms with van der Waals surface area (Å²) in [6.07, 6.45) is 0. The van der Waals surface area contributed by atoms with Crippen molar-refractivity contribution in [3.8, 4) is 0 Å². The lowest BCUT2D eigenvalue weighted by Gasteiger charge is -2.04. The zero-order valence-electron chi connectivity index (χ0n) is 11.7. The summed E-state index contributed by atoms with van der Waals surface area (Å²) in [5.74, 6) is -0.547. The number of hydrogen-bond donors (Lipinski definition) is 1. The van der Waals surface area contributed by atoms with E-state index in [0.717, 1.165) is 20.2 Å². The standard InChI is InChI=1S/C17H11NO3S/c1-21-17(20)11-8-12(19)16-10(18-11)6-7-14-15(16)9-4-2-3-5-13(9)22-14/h2-8H,1H3,(H,18,19). The first-order chi connectivity index (χ1) is 10.7. The van der Waals surface area contributed by atoms with Crippen molar-refractivity contribution in [3.63, 3.8) is 0 Å². The van der Waals surface area contributed by atoms with Crippen LogP contribution in [0.2, 0.25) is 0 Å². The normalized spacial score (nSPS) is 11.3. The molecule has 0 radical (unpaired) electrons. The topological polar surface area (TPSA) is 59.2 Å². The number of carbonyl (C=O) groups is 1. The molecule has 0 atom stereocenters. The van der Waals surface area contributed by atoms with Crippen molar-refractivity contribution in [2.45, 2.75) is 0 Å². The third-order valence-electron chi connectivity index (χ3n) is 3.74. The maximum Gasteiger partial charge on any atom is 0.354 e. The Labute approximate surface area is 129 Å². The highest BCUT2D eigenvalue weighted by atomic mass is 32.1. The van der Waals surface area contributed by atoms with Gasteiger partial charge in [-0.1, -0.05) is 18.2 Å². The Hall–Kier alpha value is -2.66. The van der Waals surface area contributed by atoms with Gasteiger partial charge in [-0.3, -0.25) is 4.79 Å². The number of esters is 1. The molecule has 0 aliphatic carbocycles. The molecule has 0 spiro atoms. The molecule has 22 heavy (non-hydrogen) atoms. The Morgan fingerprint density at radius 1 is 1.09 bits per heavy atom. The summed E-state index contributed by atoms with van der Waals surface area (Å²) in [5.41, 5.74) is 0.631. The summed E-state index contributed by atoms with van der Waals surface area (Å²) in [6.45, 7) is 0. The van der Waals surface area contributed by atoms with Gasteiger partial charge in [-0.25, -0.2) is 4.79 Å². The number of nitrogens with one attached hydrogen (secondary N) is 1. The van der Waals surface area contributed by atoms with Crippen LogP contribution in [0, 0.1) is 0 Å². The lowest BCUT2D eigenvalue weighted by Crippen LogP contribution is -2.11. The molecule has 4 aromatic rings. The lowest BCUT2D eigenvalue weighted by atomic mass is 10.1. The minimum absolute atomic E-state index is 0.166. The second-order valence-electron chi connectivity index (χ2n) is 5.00. The summed E-state index contributed by atoms with van der Waals surface area (Å²) in [4.78, 5) is 27.2. The molecule has 0 saturated carbocycles. The second-order valence-corrected chi connectivity index (χ2v) is 6.08. The number of fused-ring (bicyclic) bond motifs is 5. The largest absolute Gasteiger partial charge is 0.464 e. The Balaban J connectivity index is 2.20. The highest BCUT2D eigenvalue weighted by Gasteiger charge is 2.14. The fraction of sp³-hybridized carbons (Fsp3) is 0.0588. The second kappa shape index (κ2) is 4.68. The van der Waals surface area contributed by atoms with Crippen LogP contribution < -0.4 is 5.43 Å². The van der Waals surface area contributed by atoms with Gasteiger partial charge in [0.05, 0.1) is 18.0 Å². The average Bonchev–Trinajstić information content (AvgIpc) is 2.92. The molecule has 5 heteroatoms. The molecule has 2 aromatic carbocycles. The van der Waals surface area contributed by atoms with Gasteiger partial charge in [0.25, 0.3) is 0 Å². The predicted octanol–water partition coefficient (Wildman–Crippen LogP) is 3.68. The van der Waals surface area contributed by atoms with Crippen molar-refractivity contribution in [3.05, 3.63) is 58.4 Å². The Bertz CT molecular complexity index is 1110. The molecule has 0 bridgehead atoms. The summed E-state index contributed by atoms with van der Waals surface area (Å²) in [7, 11) is 1.29. The van der Waals surface area contributed by atoms with Gasteiger partial charge < -0.3 is 9.72 Å². The number of hydrogen-bond acceptors (Lipinski definition) is 4. The van der Waals surface area contributed by atoms with E-state index in [0.29, 0.717) is 10.9 Å². The average molecular weight is 309 g/mol. The zero-order valence-corrected chi connectivity index (χ0v) is 12.5. The van der Waals surface area contributed by atoms with Gasteiger partial charge in [-0.15, -0.1) is 11.3 Å². The quantitative estimate of drug-likeness (QED) is 0.546. The molecule has 4 nitrogen and oxygen atoms in total. The highest BCUT2D eigenvalue weighted by molar-refractivity contribution is 7.26. The van der Waals surface area contributed by atoms with Gasteiger partial charge in [0, 0.05) is 26.2 Å². The van der Waals surface area contributed by atoms with E-state index in [4.69, 9.17) is 0 Å². The Morgan fingerprint density at radius 2 is 1.91 bits per heavy atom. The fourth-order valence-corrected chi connectivity index (χ4v) is 3.89. The number of aromatic amines is 1. The first kappa shape index (κ1) is 13.0. The number of H-pyrrole nitrogens is 1. The van der Waals surface area contributed by atoms with Crippen LogP contribution in [-0.4, -0.2) is 18.1 Å². The van der Waals surface area contributed by atoms with E-state index in [1.807, 2.05) is 36.4 Å². The smallest absolute Gasteiger partial charge is 0.354 e. The Kier molecular flexibility index (Phi) is 2.77. The van der Waals surface area contributed by atoms with Crippen molar-refractivity contribution in [1.29, 1.82) is 0 Å². The molecular formula is C17H11NO3S. The van der Waals surface area contributed by atoms with E-state index in [9.17, 15) is 9.59 Å². The molecule has 0 saturated heterocycles. The van der Waals surface area contributed by atoms with Crippen molar-refractivity contribution < 1.29 is 9.53 Å². The molecule has 0 amide bonds. The third kappa shape index (κ3) is 1.76. The highest BCUT2D eigenvalue weighted by Crippen LogP contribution is 2.36. The number of pyridine rings is 1. The van der Waals surface area contributed by atoms with E-state index in [-0.39, 0.29) is 11.1 Å². The molecule has 1 N–H and O–H groups in total. The molecule has 0 aliphatic heterocycles. The van der Waals surface area contributed by atoms with Crippen LogP contribution in [0.1, 0.15) is 10.5 Å². The van der Waals surface area contributed by atoms with Crippen molar-refractivity contribution in [1.82, 2.24) is 4.98 Å². The van der Waals surface area contributed by atoms with Crippen molar-refractivity contribution >= 4 is 48.4 Å². The minimum Gasteiger partial charge on any atom is -0.464 e. The number of methoxy groups -OCH3 is 1. The zero-order chi connectivity index (χ0) is 15.3. The van der Waals surface area contributed by atoms with Gasteiger partial charge in [-0.05, 0) is 18.2 Å². The number of benzene rings is 2. The first-order valence-corrected chi connectivity index (χ1v) is 7.56. The third-order valence-corrected chi connectivity index (χ3v) is 4.88. The van der Waals surface area contributed by atoms with Crippen LogP contribution in [0.5, 0.6) is 0 Å². The molecular weight excluding hydrogens is 298 g/mol. The van der Waals surface area contributed by atoms with Gasteiger partial charge in [0.15, 0.2) is 5.43 Å². The van der Waals surface area contributed by atoms with Crippen LogP contribution in [0.4, 0.5) is 0 Å². The molecule has 108 valence electrons. The molecule has 2 aromatic heterocycles. The minimum atomic E-state index is -0.547. The number of aromatic nitrogens is 1. The molecule has 0 aliphatic rings. The number of rotatable bonds is 1. The fourth-order valence-electron chi connectivity index (χ4n) is 2.78. The summed E-state index contributed by atoms with van der Waals surface area (Å²) in [5, 5.41) is 2.61. The first-order valence-electron chi connectivity index (χ1n) is 6.74. The van der Waals surface area contributed by atoms with E-state index >= 15 is 0 Å². The van der Waals surface area contributed by atoms with Gasteiger partial charge in [0.2, 0.25) is 0 Å². The van der Waals surface area contributed by atoms with Crippen LogP contribution in [0.25, 0.3) is 31.1 Å². The van der Waals surface area contributed by atoms with Gasteiger partial charge in [0.1, 0.15) is 5.69 Å².